The first kappa shape index (κ1) is 16.3. The number of anilines is 1. The molecule has 1 atom stereocenters. The number of hydrogen-bond donors (Lipinski definition) is 0. The minimum atomic E-state index is -0.208. The standard InChI is InChI=1S/C21H23FN2O/c22-18-9-3-7-17(14-18)19-11-5-12-23(19)15-21(25)24-13-4-8-16-6-1-2-10-20(16)24/h1-3,6-7,9-10,14,19H,4-5,8,11-13,15H2/t19-/m1/s1. The molecular weight excluding hydrogens is 315 g/mol. The van der Waals surface area contributed by atoms with Crippen molar-refractivity contribution in [2.75, 3.05) is 24.5 Å². The number of carbonyl (C=O) groups excluding carboxylic acids is 1. The van der Waals surface area contributed by atoms with Crippen molar-refractivity contribution >= 4 is 11.6 Å². The Labute approximate surface area is 148 Å². The lowest BCUT2D eigenvalue weighted by Crippen LogP contribution is -2.42. The number of amides is 1. The molecule has 0 aliphatic carbocycles. The lowest BCUT2D eigenvalue weighted by atomic mass is 10.0. The summed E-state index contributed by atoms with van der Waals surface area (Å²) in [5.74, 6) is -0.0592. The Morgan fingerprint density at radius 1 is 1.08 bits per heavy atom. The van der Waals surface area contributed by atoms with Crippen LogP contribution in [0.3, 0.4) is 0 Å². The van der Waals surface area contributed by atoms with Gasteiger partial charge in [-0.1, -0.05) is 30.3 Å². The second-order valence-electron chi connectivity index (χ2n) is 6.96. The van der Waals surface area contributed by atoms with Crippen molar-refractivity contribution in [3.8, 4) is 0 Å². The number of rotatable bonds is 3. The van der Waals surface area contributed by atoms with Gasteiger partial charge in [0, 0.05) is 18.3 Å². The Kier molecular flexibility index (Phi) is 4.53. The minimum Gasteiger partial charge on any atom is -0.311 e. The number of fused-ring (bicyclic) bond motifs is 1. The summed E-state index contributed by atoms with van der Waals surface area (Å²) in [5.41, 5.74) is 3.29. The molecule has 2 heterocycles. The van der Waals surface area contributed by atoms with Crippen molar-refractivity contribution in [1.82, 2.24) is 4.90 Å². The highest BCUT2D eigenvalue weighted by molar-refractivity contribution is 5.96. The van der Waals surface area contributed by atoms with Gasteiger partial charge in [0.25, 0.3) is 0 Å². The maximum absolute atomic E-state index is 13.6. The first-order valence-corrected chi connectivity index (χ1v) is 9.10. The van der Waals surface area contributed by atoms with Gasteiger partial charge >= 0.3 is 0 Å². The minimum absolute atomic E-state index is 0.139. The largest absolute Gasteiger partial charge is 0.311 e. The normalized spacial score (nSPS) is 20.5. The Hall–Kier alpha value is -2.20. The number of likely N-dealkylation sites (tertiary alicyclic amines) is 1. The van der Waals surface area contributed by atoms with Crippen molar-refractivity contribution in [2.24, 2.45) is 0 Å². The number of benzene rings is 2. The predicted molar refractivity (Wildman–Crippen MR) is 97.1 cm³/mol. The molecule has 4 rings (SSSR count). The van der Waals surface area contributed by atoms with Gasteiger partial charge in [0.15, 0.2) is 0 Å². The van der Waals surface area contributed by atoms with Crippen molar-refractivity contribution in [3.63, 3.8) is 0 Å². The molecule has 0 aromatic heterocycles. The summed E-state index contributed by atoms with van der Waals surface area (Å²) in [6.45, 7) is 2.08. The van der Waals surface area contributed by atoms with Crippen LogP contribution >= 0.6 is 0 Å². The fraction of sp³-hybridized carbons (Fsp3) is 0.381. The summed E-state index contributed by atoms with van der Waals surface area (Å²) >= 11 is 0. The molecule has 2 aromatic rings. The zero-order valence-electron chi connectivity index (χ0n) is 14.3. The Balaban J connectivity index is 1.51. The SMILES string of the molecule is O=C(CN1CCC[C@@H]1c1cccc(F)c1)N1CCCc2ccccc21. The van der Waals surface area contributed by atoms with Crippen LogP contribution in [0.2, 0.25) is 0 Å². The van der Waals surface area contributed by atoms with Crippen LogP contribution in [0.1, 0.15) is 36.4 Å². The third-order valence-electron chi connectivity index (χ3n) is 5.35. The summed E-state index contributed by atoms with van der Waals surface area (Å²) in [7, 11) is 0. The zero-order chi connectivity index (χ0) is 17.2. The summed E-state index contributed by atoms with van der Waals surface area (Å²) in [6, 6.07) is 15.1. The second-order valence-corrected chi connectivity index (χ2v) is 6.96. The highest BCUT2D eigenvalue weighted by Crippen LogP contribution is 2.33. The van der Waals surface area contributed by atoms with Crippen LogP contribution < -0.4 is 4.90 Å². The molecule has 0 spiro atoms. The molecule has 4 heteroatoms. The maximum Gasteiger partial charge on any atom is 0.241 e. The number of aryl methyl sites for hydroxylation is 1. The number of halogens is 1. The quantitative estimate of drug-likeness (QED) is 0.846. The third-order valence-corrected chi connectivity index (χ3v) is 5.35. The van der Waals surface area contributed by atoms with Gasteiger partial charge in [-0.15, -0.1) is 0 Å². The van der Waals surface area contributed by atoms with E-state index in [1.54, 1.807) is 12.1 Å². The molecule has 1 saturated heterocycles. The fourth-order valence-electron chi connectivity index (χ4n) is 4.16. The van der Waals surface area contributed by atoms with Crippen LogP contribution in [-0.2, 0) is 11.2 Å². The molecule has 2 aliphatic heterocycles. The monoisotopic (exact) mass is 338 g/mol. The lowest BCUT2D eigenvalue weighted by molar-refractivity contribution is -0.120. The molecule has 130 valence electrons. The molecule has 1 fully saturated rings. The summed E-state index contributed by atoms with van der Waals surface area (Å²) < 4.78 is 13.6. The van der Waals surface area contributed by atoms with Crippen LogP contribution in [0, 0.1) is 5.82 Å². The zero-order valence-corrected chi connectivity index (χ0v) is 14.3. The first-order valence-electron chi connectivity index (χ1n) is 9.10. The number of hydrogen-bond acceptors (Lipinski definition) is 2. The third kappa shape index (κ3) is 3.31. The van der Waals surface area contributed by atoms with Crippen molar-refractivity contribution in [3.05, 3.63) is 65.5 Å². The van der Waals surface area contributed by atoms with Gasteiger partial charge in [-0.3, -0.25) is 9.69 Å². The van der Waals surface area contributed by atoms with Gasteiger partial charge in [0.1, 0.15) is 5.82 Å². The van der Waals surface area contributed by atoms with E-state index in [0.717, 1.165) is 50.0 Å². The maximum atomic E-state index is 13.6. The number of carbonyl (C=O) groups is 1. The van der Waals surface area contributed by atoms with Crippen LogP contribution in [0.15, 0.2) is 48.5 Å². The molecule has 3 nitrogen and oxygen atoms in total. The summed E-state index contributed by atoms with van der Waals surface area (Å²) in [5, 5.41) is 0. The van der Waals surface area contributed by atoms with E-state index in [1.807, 2.05) is 29.2 Å². The molecule has 1 amide bonds. The van der Waals surface area contributed by atoms with Crippen LogP contribution in [-0.4, -0.2) is 30.4 Å². The second kappa shape index (κ2) is 6.96. The smallest absolute Gasteiger partial charge is 0.241 e. The average Bonchev–Trinajstić information content (AvgIpc) is 3.09. The van der Waals surface area contributed by atoms with Crippen LogP contribution in [0.5, 0.6) is 0 Å². The number of nitrogens with zero attached hydrogens (tertiary/aromatic N) is 2. The van der Waals surface area contributed by atoms with Crippen molar-refractivity contribution in [1.29, 1.82) is 0 Å². The highest BCUT2D eigenvalue weighted by Gasteiger charge is 2.30. The Morgan fingerprint density at radius 2 is 1.96 bits per heavy atom. The molecule has 2 aliphatic rings. The van der Waals surface area contributed by atoms with E-state index in [0.29, 0.717) is 6.54 Å². The van der Waals surface area contributed by atoms with Crippen molar-refractivity contribution < 1.29 is 9.18 Å². The van der Waals surface area contributed by atoms with Gasteiger partial charge in [-0.25, -0.2) is 4.39 Å². The van der Waals surface area contributed by atoms with Crippen LogP contribution in [0.25, 0.3) is 0 Å². The molecule has 0 unspecified atom stereocenters. The van der Waals surface area contributed by atoms with E-state index in [4.69, 9.17) is 0 Å². The Morgan fingerprint density at radius 3 is 2.84 bits per heavy atom. The topological polar surface area (TPSA) is 23.6 Å². The summed E-state index contributed by atoms with van der Waals surface area (Å²) in [6.07, 6.45) is 4.07. The van der Waals surface area contributed by atoms with Gasteiger partial charge < -0.3 is 4.90 Å². The molecule has 0 N–H and O–H groups in total. The predicted octanol–water partition coefficient (Wildman–Crippen LogP) is 3.94. The molecule has 25 heavy (non-hydrogen) atoms. The van der Waals surface area contributed by atoms with Gasteiger partial charge in [-0.05, 0) is 61.6 Å². The summed E-state index contributed by atoms with van der Waals surface area (Å²) in [4.78, 5) is 17.1. The van der Waals surface area contributed by atoms with E-state index in [9.17, 15) is 9.18 Å². The van der Waals surface area contributed by atoms with E-state index in [-0.39, 0.29) is 17.8 Å². The Bertz CT molecular complexity index is 776. The molecule has 0 radical (unpaired) electrons. The highest BCUT2D eigenvalue weighted by atomic mass is 19.1. The van der Waals surface area contributed by atoms with Gasteiger partial charge in [0.05, 0.1) is 6.54 Å². The molecule has 0 bridgehead atoms. The first-order chi connectivity index (χ1) is 12.2. The van der Waals surface area contributed by atoms with Gasteiger partial charge in [-0.2, -0.15) is 0 Å². The molecule has 2 aromatic carbocycles. The fourth-order valence-corrected chi connectivity index (χ4v) is 4.16. The van der Waals surface area contributed by atoms with Crippen LogP contribution in [0.4, 0.5) is 10.1 Å². The van der Waals surface area contributed by atoms with Crippen molar-refractivity contribution in [2.45, 2.75) is 31.7 Å². The van der Waals surface area contributed by atoms with E-state index < -0.39 is 0 Å². The van der Waals surface area contributed by atoms with Gasteiger partial charge in [0.2, 0.25) is 5.91 Å². The van der Waals surface area contributed by atoms with E-state index in [1.165, 1.54) is 11.6 Å². The molecular formula is C21H23FN2O. The van der Waals surface area contributed by atoms with E-state index in [2.05, 4.69) is 11.0 Å². The average molecular weight is 338 g/mol. The lowest BCUT2D eigenvalue weighted by Gasteiger charge is -2.32. The number of para-hydroxylation sites is 1. The van der Waals surface area contributed by atoms with E-state index >= 15 is 0 Å². The molecule has 0 saturated carbocycles.